The average molecular weight is 275 g/mol. The number of benzene rings is 1. The van der Waals surface area contributed by atoms with Gasteiger partial charge in [0.15, 0.2) is 10.8 Å². The van der Waals surface area contributed by atoms with Gasteiger partial charge in [-0.25, -0.2) is 0 Å². The number of rotatable bonds is 3. The number of nitrogens with one attached hydrogen (secondary N) is 1. The first-order valence-corrected chi connectivity index (χ1v) is 6.92. The molecule has 2 heterocycles. The quantitative estimate of drug-likeness (QED) is 0.869. The molecule has 0 fully saturated rings. The van der Waals surface area contributed by atoms with Gasteiger partial charge in [-0.3, -0.25) is 9.36 Å². The van der Waals surface area contributed by atoms with Crippen LogP contribution in [0.4, 0.5) is 11.4 Å². The fourth-order valence-corrected chi connectivity index (χ4v) is 2.91. The summed E-state index contributed by atoms with van der Waals surface area (Å²) in [5.41, 5.74) is 1.14. The molecular formula is C13H13N3O2S. The van der Waals surface area contributed by atoms with Crippen molar-refractivity contribution in [1.82, 2.24) is 9.55 Å². The lowest BCUT2D eigenvalue weighted by molar-refractivity contribution is 0.390. The highest BCUT2D eigenvalue weighted by molar-refractivity contribution is 7.99. The number of para-hydroxylation sites is 1. The minimum atomic E-state index is -0.0873. The molecule has 1 aromatic heterocycles. The number of hydrogen-bond acceptors (Lipinski definition) is 5. The Morgan fingerprint density at radius 1 is 1.37 bits per heavy atom. The summed E-state index contributed by atoms with van der Waals surface area (Å²) in [4.78, 5) is 16.8. The number of thioether (sulfide) groups is 1. The number of aromatic nitrogens is 2. The topological polar surface area (TPSA) is 56.2 Å². The molecule has 1 aliphatic rings. The molecule has 0 aliphatic carbocycles. The summed E-state index contributed by atoms with van der Waals surface area (Å²) >= 11 is 1.57. The van der Waals surface area contributed by atoms with Crippen molar-refractivity contribution in [2.45, 2.75) is 11.7 Å². The molecule has 5 nitrogen and oxygen atoms in total. The molecule has 1 aromatic carbocycles. The van der Waals surface area contributed by atoms with Gasteiger partial charge < -0.3 is 10.1 Å². The van der Waals surface area contributed by atoms with E-state index in [1.54, 1.807) is 16.3 Å². The third kappa shape index (κ3) is 2.19. The van der Waals surface area contributed by atoms with Crippen molar-refractivity contribution >= 4 is 23.1 Å². The monoisotopic (exact) mass is 275 g/mol. The van der Waals surface area contributed by atoms with Crippen molar-refractivity contribution in [2.24, 2.45) is 0 Å². The van der Waals surface area contributed by atoms with Crippen molar-refractivity contribution in [3.8, 4) is 5.88 Å². The Bertz CT molecular complexity index is 655. The van der Waals surface area contributed by atoms with Crippen LogP contribution >= 0.6 is 11.8 Å². The molecule has 98 valence electrons. The average Bonchev–Trinajstić information content (AvgIpc) is 2.91. The predicted octanol–water partition coefficient (Wildman–Crippen LogP) is 2.10. The Morgan fingerprint density at radius 2 is 2.16 bits per heavy atom. The summed E-state index contributed by atoms with van der Waals surface area (Å²) in [5, 5.41) is 3.81. The van der Waals surface area contributed by atoms with Crippen molar-refractivity contribution in [3.05, 3.63) is 40.7 Å². The van der Waals surface area contributed by atoms with Crippen molar-refractivity contribution in [3.63, 3.8) is 0 Å². The van der Waals surface area contributed by atoms with E-state index in [0.29, 0.717) is 18.1 Å². The van der Waals surface area contributed by atoms with E-state index in [1.807, 2.05) is 30.3 Å². The summed E-state index contributed by atoms with van der Waals surface area (Å²) in [6, 6.07) is 9.52. The van der Waals surface area contributed by atoms with Crippen molar-refractivity contribution in [2.75, 3.05) is 18.2 Å². The maximum atomic E-state index is 12.4. The van der Waals surface area contributed by atoms with Crippen LogP contribution in [0.1, 0.15) is 0 Å². The Hall–Kier alpha value is -1.95. The van der Waals surface area contributed by atoms with Gasteiger partial charge in [0.2, 0.25) is 5.88 Å². The third-order valence-electron chi connectivity index (χ3n) is 2.88. The van der Waals surface area contributed by atoms with Crippen LogP contribution in [0.5, 0.6) is 5.88 Å². The van der Waals surface area contributed by atoms with E-state index in [0.717, 1.165) is 16.6 Å². The molecule has 0 saturated heterocycles. The third-order valence-corrected chi connectivity index (χ3v) is 3.84. The van der Waals surface area contributed by atoms with Crippen molar-refractivity contribution in [1.29, 1.82) is 0 Å². The molecule has 0 saturated carbocycles. The molecule has 0 spiro atoms. The van der Waals surface area contributed by atoms with Crippen LogP contribution in [0.25, 0.3) is 0 Å². The molecule has 1 aliphatic heterocycles. The minimum absolute atomic E-state index is 0.0873. The normalized spacial score (nSPS) is 13.1. The van der Waals surface area contributed by atoms with E-state index in [2.05, 4.69) is 10.3 Å². The summed E-state index contributed by atoms with van der Waals surface area (Å²) in [7, 11) is 1.52. The molecule has 2 aromatic rings. The zero-order chi connectivity index (χ0) is 13.2. The van der Waals surface area contributed by atoms with E-state index in [1.165, 1.54) is 7.11 Å². The van der Waals surface area contributed by atoms with Crippen LogP contribution < -0.4 is 15.6 Å². The number of anilines is 2. The molecule has 6 heteroatoms. The SMILES string of the molecule is COc1nc2n(c(=O)c1Nc1ccccc1)CCS2. The largest absolute Gasteiger partial charge is 0.479 e. The van der Waals surface area contributed by atoms with Gasteiger partial charge in [0.25, 0.3) is 5.56 Å². The molecule has 19 heavy (non-hydrogen) atoms. The van der Waals surface area contributed by atoms with Gasteiger partial charge in [-0.1, -0.05) is 30.0 Å². The number of ether oxygens (including phenoxy) is 1. The summed E-state index contributed by atoms with van der Waals surface area (Å²) < 4.78 is 6.90. The highest BCUT2D eigenvalue weighted by Crippen LogP contribution is 2.28. The smallest absolute Gasteiger partial charge is 0.281 e. The summed E-state index contributed by atoms with van der Waals surface area (Å²) in [6.45, 7) is 0.694. The predicted molar refractivity (Wildman–Crippen MR) is 75.5 cm³/mol. The van der Waals surface area contributed by atoms with Crippen LogP contribution in [0, 0.1) is 0 Å². The van der Waals surface area contributed by atoms with Crippen LogP contribution in [0.3, 0.4) is 0 Å². The molecule has 0 unspecified atom stereocenters. The van der Waals surface area contributed by atoms with Gasteiger partial charge in [0.05, 0.1) is 7.11 Å². The highest BCUT2D eigenvalue weighted by Gasteiger charge is 2.21. The molecule has 3 rings (SSSR count). The van der Waals surface area contributed by atoms with Gasteiger partial charge in [-0.15, -0.1) is 0 Å². The second-order valence-electron chi connectivity index (χ2n) is 4.07. The highest BCUT2D eigenvalue weighted by atomic mass is 32.2. The minimum Gasteiger partial charge on any atom is -0.479 e. The second-order valence-corrected chi connectivity index (χ2v) is 5.14. The van der Waals surface area contributed by atoms with Crippen molar-refractivity contribution < 1.29 is 4.74 Å². The molecule has 0 radical (unpaired) electrons. The number of methoxy groups -OCH3 is 1. The summed E-state index contributed by atoms with van der Waals surface area (Å²) in [6.07, 6.45) is 0. The lowest BCUT2D eigenvalue weighted by Gasteiger charge is -2.12. The van der Waals surface area contributed by atoms with Crippen LogP contribution in [-0.2, 0) is 6.54 Å². The van der Waals surface area contributed by atoms with Gasteiger partial charge in [-0.05, 0) is 12.1 Å². The Balaban J connectivity index is 2.08. The van der Waals surface area contributed by atoms with Crippen LogP contribution in [0.15, 0.2) is 40.3 Å². The lowest BCUT2D eigenvalue weighted by Crippen LogP contribution is -2.23. The maximum absolute atomic E-state index is 12.4. The first-order chi connectivity index (χ1) is 9.29. The van der Waals surface area contributed by atoms with Crippen LogP contribution in [0.2, 0.25) is 0 Å². The number of nitrogens with zero attached hydrogens (tertiary/aromatic N) is 2. The lowest BCUT2D eigenvalue weighted by atomic mass is 10.3. The molecular weight excluding hydrogens is 262 g/mol. The first-order valence-electron chi connectivity index (χ1n) is 5.93. The Kier molecular flexibility index (Phi) is 3.16. The van der Waals surface area contributed by atoms with E-state index in [9.17, 15) is 4.79 Å². The first kappa shape index (κ1) is 12.1. The molecule has 0 amide bonds. The van der Waals surface area contributed by atoms with Gasteiger partial charge in [0.1, 0.15) is 0 Å². The van der Waals surface area contributed by atoms with E-state index < -0.39 is 0 Å². The van der Waals surface area contributed by atoms with Gasteiger partial charge >= 0.3 is 0 Å². The van der Waals surface area contributed by atoms with E-state index >= 15 is 0 Å². The molecule has 1 N–H and O–H groups in total. The van der Waals surface area contributed by atoms with E-state index in [-0.39, 0.29) is 5.56 Å². The fraction of sp³-hybridized carbons (Fsp3) is 0.231. The molecule has 0 bridgehead atoms. The zero-order valence-electron chi connectivity index (χ0n) is 10.4. The Morgan fingerprint density at radius 3 is 2.89 bits per heavy atom. The Labute approximate surface area is 114 Å². The van der Waals surface area contributed by atoms with Gasteiger partial charge in [-0.2, -0.15) is 4.98 Å². The van der Waals surface area contributed by atoms with Gasteiger partial charge in [0, 0.05) is 18.0 Å². The summed E-state index contributed by atoms with van der Waals surface area (Å²) in [5.74, 6) is 1.22. The maximum Gasteiger partial charge on any atom is 0.281 e. The number of hydrogen-bond donors (Lipinski definition) is 1. The number of fused-ring (bicyclic) bond motifs is 1. The molecule has 0 atom stereocenters. The fourth-order valence-electron chi connectivity index (χ4n) is 1.97. The zero-order valence-corrected chi connectivity index (χ0v) is 11.2. The van der Waals surface area contributed by atoms with E-state index in [4.69, 9.17) is 4.74 Å². The van der Waals surface area contributed by atoms with Crippen LogP contribution in [-0.4, -0.2) is 22.4 Å². The second kappa shape index (κ2) is 4.97. The standard InChI is InChI=1S/C13H13N3O2S/c1-18-11-10(14-9-5-3-2-4-6-9)12(17)16-7-8-19-13(16)15-11/h2-6,14H,7-8H2,1H3.